The first-order chi connectivity index (χ1) is 12.8. The van der Waals surface area contributed by atoms with Crippen molar-refractivity contribution in [2.75, 3.05) is 11.9 Å². The van der Waals surface area contributed by atoms with Crippen LogP contribution in [-0.2, 0) is 14.3 Å². The summed E-state index contributed by atoms with van der Waals surface area (Å²) in [5.74, 6) is -0.553. The zero-order chi connectivity index (χ0) is 20.3. The number of carbonyl (C=O) groups is 3. The van der Waals surface area contributed by atoms with Crippen LogP contribution in [0.3, 0.4) is 0 Å². The quantitative estimate of drug-likeness (QED) is 0.455. The van der Waals surface area contributed by atoms with Gasteiger partial charge in [-0.3, -0.25) is 4.79 Å². The summed E-state index contributed by atoms with van der Waals surface area (Å²) in [5, 5.41) is 5.72. The van der Waals surface area contributed by atoms with E-state index in [1.165, 1.54) is 6.08 Å². The molecule has 0 aliphatic heterocycles. The van der Waals surface area contributed by atoms with Gasteiger partial charge in [-0.25, -0.2) is 9.59 Å². The van der Waals surface area contributed by atoms with Gasteiger partial charge < -0.3 is 15.4 Å². The number of esters is 1. The SMILES string of the molecule is C=CC(=O)CCCC(C)(CCOC(=O)C=C)NC(=O)Nc1ccc(C)cc1. The van der Waals surface area contributed by atoms with Gasteiger partial charge in [0.05, 0.1) is 6.61 Å². The predicted molar refractivity (Wildman–Crippen MR) is 107 cm³/mol. The summed E-state index contributed by atoms with van der Waals surface area (Å²) in [6.45, 7) is 10.8. The second kappa shape index (κ2) is 11.0. The van der Waals surface area contributed by atoms with Crippen LogP contribution in [0.25, 0.3) is 0 Å². The topological polar surface area (TPSA) is 84.5 Å². The summed E-state index contributed by atoms with van der Waals surface area (Å²) in [7, 11) is 0. The monoisotopic (exact) mass is 372 g/mol. The number of carbonyl (C=O) groups excluding carboxylic acids is 3. The minimum absolute atomic E-state index is 0.0421. The minimum atomic E-state index is -0.641. The number of allylic oxidation sites excluding steroid dienone is 1. The van der Waals surface area contributed by atoms with E-state index < -0.39 is 11.5 Å². The molecule has 0 heterocycles. The normalized spacial score (nSPS) is 12.4. The summed E-state index contributed by atoms with van der Waals surface area (Å²) < 4.78 is 5.04. The van der Waals surface area contributed by atoms with E-state index >= 15 is 0 Å². The van der Waals surface area contributed by atoms with Crippen LogP contribution in [0.2, 0.25) is 0 Å². The van der Waals surface area contributed by atoms with Crippen molar-refractivity contribution in [3.63, 3.8) is 0 Å². The fourth-order valence-electron chi connectivity index (χ4n) is 2.51. The average molecular weight is 372 g/mol. The highest BCUT2D eigenvalue weighted by Crippen LogP contribution is 2.20. The molecule has 2 N–H and O–H groups in total. The van der Waals surface area contributed by atoms with E-state index in [-0.39, 0.29) is 18.4 Å². The molecule has 1 aromatic rings. The third-order valence-corrected chi connectivity index (χ3v) is 4.17. The number of amides is 2. The predicted octanol–water partition coefficient (Wildman–Crippen LogP) is 3.92. The Morgan fingerprint density at radius 2 is 1.78 bits per heavy atom. The van der Waals surface area contributed by atoms with Crippen molar-refractivity contribution in [2.24, 2.45) is 0 Å². The molecule has 0 bridgehead atoms. The molecular formula is C21H28N2O4. The highest BCUT2D eigenvalue weighted by atomic mass is 16.5. The highest BCUT2D eigenvalue weighted by Gasteiger charge is 2.26. The molecule has 0 saturated carbocycles. The van der Waals surface area contributed by atoms with Gasteiger partial charge in [0.2, 0.25) is 0 Å². The maximum atomic E-state index is 12.4. The first kappa shape index (κ1) is 22.2. The van der Waals surface area contributed by atoms with Crippen LogP contribution in [-0.4, -0.2) is 29.9 Å². The van der Waals surface area contributed by atoms with Gasteiger partial charge in [0, 0.05) is 30.1 Å². The Bertz CT molecular complexity index is 654. The molecule has 0 aliphatic carbocycles. The molecule has 0 aromatic heterocycles. The Morgan fingerprint density at radius 1 is 1.11 bits per heavy atom. The molecule has 0 spiro atoms. The van der Waals surface area contributed by atoms with Crippen LogP contribution in [0.4, 0.5) is 10.5 Å². The molecule has 6 nitrogen and oxygen atoms in total. The zero-order valence-corrected chi connectivity index (χ0v) is 16.0. The average Bonchev–Trinajstić information content (AvgIpc) is 2.63. The smallest absolute Gasteiger partial charge is 0.330 e. The summed E-state index contributed by atoms with van der Waals surface area (Å²) >= 11 is 0. The molecule has 0 radical (unpaired) electrons. The number of rotatable bonds is 11. The molecule has 27 heavy (non-hydrogen) atoms. The molecule has 1 rings (SSSR count). The Labute approximate surface area is 160 Å². The number of hydrogen-bond acceptors (Lipinski definition) is 4. The molecule has 146 valence electrons. The summed E-state index contributed by atoms with van der Waals surface area (Å²) in [5.41, 5.74) is 1.14. The second-order valence-corrected chi connectivity index (χ2v) is 6.65. The number of benzene rings is 1. The molecule has 0 aliphatic rings. The van der Waals surface area contributed by atoms with Gasteiger partial charge in [0.15, 0.2) is 5.78 Å². The van der Waals surface area contributed by atoms with Crippen LogP contribution < -0.4 is 10.6 Å². The Hall–Kier alpha value is -2.89. The Kier molecular flexibility index (Phi) is 8.99. The van der Waals surface area contributed by atoms with Crippen LogP contribution in [0.5, 0.6) is 0 Å². The second-order valence-electron chi connectivity index (χ2n) is 6.65. The van der Waals surface area contributed by atoms with Gasteiger partial charge >= 0.3 is 12.0 Å². The van der Waals surface area contributed by atoms with E-state index in [0.717, 1.165) is 11.6 Å². The number of ketones is 1. The maximum absolute atomic E-state index is 12.4. The molecule has 0 saturated heterocycles. The molecule has 2 amide bonds. The van der Waals surface area contributed by atoms with E-state index in [9.17, 15) is 14.4 Å². The number of urea groups is 1. The van der Waals surface area contributed by atoms with Gasteiger partial charge in [-0.15, -0.1) is 0 Å². The van der Waals surface area contributed by atoms with Gasteiger partial charge in [-0.05, 0) is 44.9 Å². The van der Waals surface area contributed by atoms with Crippen molar-refractivity contribution in [1.82, 2.24) is 5.32 Å². The van der Waals surface area contributed by atoms with Crippen LogP contribution in [0, 0.1) is 6.92 Å². The number of aryl methyl sites for hydroxylation is 1. The summed E-state index contributed by atoms with van der Waals surface area (Å²) in [6.07, 6.45) is 4.29. The van der Waals surface area contributed by atoms with Crippen LogP contribution in [0.1, 0.15) is 38.2 Å². The van der Waals surface area contributed by atoms with Crippen LogP contribution in [0.15, 0.2) is 49.6 Å². The van der Waals surface area contributed by atoms with Crippen molar-refractivity contribution in [3.05, 3.63) is 55.1 Å². The number of hydrogen-bond donors (Lipinski definition) is 2. The summed E-state index contributed by atoms with van der Waals surface area (Å²) in [4.78, 5) is 35.1. The molecule has 6 heteroatoms. The fourth-order valence-corrected chi connectivity index (χ4v) is 2.51. The lowest BCUT2D eigenvalue weighted by molar-refractivity contribution is -0.138. The van der Waals surface area contributed by atoms with E-state index in [4.69, 9.17) is 4.74 Å². The standard InChI is InChI=1S/C21H28N2O4/c1-5-18(24)8-7-13-21(4,14-15-27-19(25)6-2)23-20(26)22-17-11-9-16(3)10-12-17/h5-6,9-12H,1-2,7-8,13-15H2,3-4H3,(H2,22,23,26). The number of anilines is 1. The van der Waals surface area contributed by atoms with Gasteiger partial charge in [-0.2, -0.15) is 0 Å². The summed E-state index contributed by atoms with van der Waals surface area (Å²) in [6, 6.07) is 7.10. The van der Waals surface area contributed by atoms with Crippen molar-refractivity contribution in [3.8, 4) is 0 Å². The lowest BCUT2D eigenvalue weighted by atomic mass is 9.91. The van der Waals surface area contributed by atoms with Crippen molar-refractivity contribution in [2.45, 2.75) is 45.1 Å². The van der Waals surface area contributed by atoms with Crippen molar-refractivity contribution < 1.29 is 19.1 Å². The van der Waals surface area contributed by atoms with E-state index in [0.29, 0.717) is 31.4 Å². The fraction of sp³-hybridized carbons (Fsp3) is 0.381. The van der Waals surface area contributed by atoms with Gasteiger partial charge in [0.25, 0.3) is 0 Å². The van der Waals surface area contributed by atoms with Crippen molar-refractivity contribution >= 4 is 23.5 Å². The first-order valence-electron chi connectivity index (χ1n) is 8.88. The Morgan fingerprint density at radius 3 is 2.37 bits per heavy atom. The third kappa shape index (κ3) is 8.85. The van der Waals surface area contributed by atoms with Gasteiger partial charge in [-0.1, -0.05) is 30.9 Å². The number of ether oxygens (including phenoxy) is 1. The highest BCUT2D eigenvalue weighted by molar-refractivity contribution is 5.90. The molecule has 0 fully saturated rings. The van der Waals surface area contributed by atoms with Crippen LogP contribution >= 0.6 is 0 Å². The van der Waals surface area contributed by atoms with E-state index in [1.807, 2.05) is 38.1 Å². The molecular weight excluding hydrogens is 344 g/mol. The minimum Gasteiger partial charge on any atom is -0.462 e. The first-order valence-corrected chi connectivity index (χ1v) is 8.88. The van der Waals surface area contributed by atoms with E-state index in [2.05, 4.69) is 23.8 Å². The molecule has 1 atom stereocenters. The van der Waals surface area contributed by atoms with Crippen molar-refractivity contribution in [1.29, 1.82) is 0 Å². The lowest BCUT2D eigenvalue weighted by Gasteiger charge is -2.31. The third-order valence-electron chi connectivity index (χ3n) is 4.17. The lowest BCUT2D eigenvalue weighted by Crippen LogP contribution is -2.48. The van der Waals surface area contributed by atoms with E-state index in [1.54, 1.807) is 0 Å². The maximum Gasteiger partial charge on any atom is 0.330 e. The largest absolute Gasteiger partial charge is 0.462 e. The molecule has 1 unspecified atom stereocenters. The molecule has 1 aromatic carbocycles. The van der Waals surface area contributed by atoms with Gasteiger partial charge in [0.1, 0.15) is 0 Å². The zero-order valence-electron chi connectivity index (χ0n) is 16.0. The Balaban J connectivity index is 2.68. The number of nitrogens with one attached hydrogen (secondary N) is 2.